The maximum Gasteiger partial charge on any atom is 0.472 e. The smallest absolute Gasteiger partial charge is 0.427 e. The number of rotatable bonds is 2. The number of benzene rings is 1. The summed E-state index contributed by atoms with van der Waals surface area (Å²) >= 11 is 0. The molecule has 1 heterocycles. The highest BCUT2D eigenvalue weighted by Crippen LogP contribution is 2.17. The number of nitrogens with two attached hydrogens (primary N) is 1. The number of para-hydroxylation sites is 1. The van der Waals surface area contributed by atoms with Gasteiger partial charge in [-0.15, -0.1) is 0 Å². The summed E-state index contributed by atoms with van der Waals surface area (Å²) in [6.07, 6.45) is 2.03. The Morgan fingerprint density at radius 3 is 3.07 bits per heavy atom. The molecule has 0 amide bonds. The van der Waals surface area contributed by atoms with Crippen LogP contribution in [-0.4, -0.2) is 18.0 Å². The number of hydrogen-bond donors (Lipinski definition) is 3. The maximum absolute atomic E-state index is 9.72. The van der Waals surface area contributed by atoms with Gasteiger partial charge in [-0.1, -0.05) is 31.5 Å². The molecule has 2 rings (SSSR count). The zero-order chi connectivity index (χ0) is 10.8. The lowest BCUT2D eigenvalue weighted by atomic mass is 9.72. The van der Waals surface area contributed by atoms with Crippen molar-refractivity contribution in [1.82, 2.24) is 0 Å². The standard InChI is InChI=1S/C10H14BN3O/c1-2-4-7-5-3-6-8-9(7)13-10(12)14-11(8)15/h3,5-6,15H,2,4H2,1H3,(H3,12,13,14). The molecule has 1 aliphatic heterocycles. The summed E-state index contributed by atoms with van der Waals surface area (Å²) in [5, 5.41) is 12.7. The number of anilines is 1. The molecular weight excluding hydrogens is 189 g/mol. The summed E-state index contributed by atoms with van der Waals surface area (Å²) in [7, 11) is -0.835. The third-order valence-corrected chi connectivity index (χ3v) is 2.49. The Morgan fingerprint density at radius 1 is 1.53 bits per heavy atom. The molecule has 4 nitrogen and oxygen atoms in total. The molecule has 5 heteroatoms. The van der Waals surface area contributed by atoms with Gasteiger partial charge in [0.05, 0.1) is 0 Å². The van der Waals surface area contributed by atoms with Crippen LogP contribution in [0.15, 0.2) is 23.1 Å². The van der Waals surface area contributed by atoms with Gasteiger partial charge in [-0.05, 0) is 12.0 Å². The Hall–Kier alpha value is -1.49. The van der Waals surface area contributed by atoms with Crippen LogP contribution in [0.3, 0.4) is 0 Å². The Balaban J connectivity index is 2.44. The van der Waals surface area contributed by atoms with E-state index < -0.39 is 7.05 Å². The van der Waals surface area contributed by atoms with Gasteiger partial charge >= 0.3 is 7.05 Å². The van der Waals surface area contributed by atoms with Gasteiger partial charge in [0.15, 0.2) is 5.96 Å². The van der Waals surface area contributed by atoms with E-state index in [0.717, 1.165) is 24.0 Å². The van der Waals surface area contributed by atoms with Crippen LogP contribution in [-0.2, 0) is 6.42 Å². The van der Waals surface area contributed by atoms with Crippen LogP contribution in [0.4, 0.5) is 5.69 Å². The minimum absolute atomic E-state index is 0.276. The third kappa shape index (κ3) is 1.83. The topological polar surface area (TPSA) is 70.6 Å². The van der Waals surface area contributed by atoms with Gasteiger partial charge in [0, 0.05) is 11.2 Å². The van der Waals surface area contributed by atoms with Crippen LogP contribution in [0.1, 0.15) is 18.9 Å². The molecule has 0 bridgehead atoms. The molecule has 0 spiro atoms. The summed E-state index contributed by atoms with van der Waals surface area (Å²) in [5.41, 5.74) is 8.47. The summed E-state index contributed by atoms with van der Waals surface area (Å²) in [5.74, 6) is 0.276. The van der Waals surface area contributed by atoms with Crippen molar-refractivity contribution in [1.29, 1.82) is 0 Å². The van der Waals surface area contributed by atoms with Crippen LogP contribution in [0.5, 0.6) is 0 Å². The van der Waals surface area contributed by atoms with E-state index in [1.165, 1.54) is 5.56 Å². The first-order valence-electron chi connectivity index (χ1n) is 5.12. The quantitative estimate of drug-likeness (QED) is 0.595. The van der Waals surface area contributed by atoms with Crippen LogP contribution in [0.25, 0.3) is 0 Å². The molecule has 1 aliphatic rings. The zero-order valence-electron chi connectivity index (χ0n) is 8.70. The molecule has 1 aromatic carbocycles. The van der Waals surface area contributed by atoms with E-state index in [1.54, 1.807) is 0 Å². The Kier molecular flexibility index (Phi) is 2.64. The van der Waals surface area contributed by atoms with Crippen LogP contribution in [0, 0.1) is 0 Å². The molecule has 0 fully saturated rings. The molecule has 0 saturated carbocycles. The Morgan fingerprint density at radius 2 is 2.33 bits per heavy atom. The van der Waals surface area contributed by atoms with Crippen molar-refractivity contribution < 1.29 is 5.02 Å². The third-order valence-electron chi connectivity index (χ3n) is 2.49. The molecule has 1 aromatic rings. The van der Waals surface area contributed by atoms with E-state index in [0.29, 0.717) is 0 Å². The van der Waals surface area contributed by atoms with E-state index >= 15 is 0 Å². The van der Waals surface area contributed by atoms with E-state index in [1.807, 2.05) is 18.2 Å². The minimum Gasteiger partial charge on any atom is -0.427 e. The monoisotopic (exact) mass is 203 g/mol. The SMILES string of the molecule is CCCc1cccc2c1NC(N)=NB2O. The number of hydrogen-bond acceptors (Lipinski definition) is 4. The zero-order valence-corrected chi connectivity index (χ0v) is 8.70. The van der Waals surface area contributed by atoms with Gasteiger partial charge in [0.2, 0.25) is 0 Å². The molecule has 4 N–H and O–H groups in total. The lowest BCUT2D eigenvalue weighted by Crippen LogP contribution is -2.42. The lowest BCUT2D eigenvalue weighted by molar-refractivity contribution is 0.587. The summed E-state index contributed by atoms with van der Waals surface area (Å²) in [4.78, 5) is 3.86. The second-order valence-electron chi connectivity index (χ2n) is 3.64. The molecule has 0 atom stereocenters. The normalized spacial score (nSPS) is 14.3. The Labute approximate surface area is 89.3 Å². The van der Waals surface area contributed by atoms with Gasteiger partial charge in [0.1, 0.15) is 0 Å². The summed E-state index contributed by atoms with van der Waals surface area (Å²) in [6.45, 7) is 2.12. The molecule has 0 aliphatic carbocycles. The van der Waals surface area contributed by atoms with Crippen molar-refractivity contribution >= 4 is 24.2 Å². The lowest BCUT2D eigenvalue weighted by Gasteiger charge is -2.20. The summed E-state index contributed by atoms with van der Waals surface area (Å²) in [6, 6.07) is 5.84. The fourth-order valence-electron chi connectivity index (χ4n) is 1.83. The number of nitrogens with zero attached hydrogens (tertiary/aromatic N) is 1. The first-order valence-corrected chi connectivity index (χ1v) is 5.12. The number of guanidine groups is 1. The average molecular weight is 203 g/mol. The highest BCUT2D eigenvalue weighted by Gasteiger charge is 2.24. The predicted molar refractivity (Wildman–Crippen MR) is 63.3 cm³/mol. The highest BCUT2D eigenvalue weighted by atomic mass is 16.2. The summed E-state index contributed by atoms with van der Waals surface area (Å²) < 4.78 is 0. The van der Waals surface area contributed by atoms with Gasteiger partial charge < -0.3 is 16.1 Å². The second-order valence-corrected chi connectivity index (χ2v) is 3.64. The highest BCUT2D eigenvalue weighted by molar-refractivity contribution is 6.68. The predicted octanol–water partition coefficient (Wildman–Crippen LogP) is 0.0668. The first kappa shape index (κ1) is 10.0. The van der Waals surface area contributed by atoms with E-state index in [9.17, 15) is 5.02 Å². The molecule has 78 valence electrons. The van der Waals surface area contributed by atoms with Gasteiger partial charge in [-0.2, -0.15) is 0 Å². The second kappa shape index (κ2) is 3.94. The fourth-order valence-corrected chi connectivity index (χ4v) is 1.83. The molecular formula is C10H14BN3O. The van der Waals surface area contributed by atoms with E-state index in [2.05, 4.69) is 17.1 Å². The van der Waals surface area contributed by atoms with Crippen molar-refractivity contribution in [3.05, 3.63) is 23.8 Å². The average Bonchev–Trinajstić information content (AvgIpc) is 2.19. The number of fused-ring (bicyclic) bond motifs is 1. The van der Waals surface area contributed by atoms with E-state index in [-0.39, 0.29) is 5.96 Å². The molecule has 0 aromatic heterocycles. The number of aryl methyl sites for hydroxylation is 1. The maximum atomic E-state index is 9.72. The molecule has 0 saturated heterocycles. The van der Waals surface area contributed by atoms with Crippen LogP contribution >= 0.6 is 0 Å². The van der Waals surface area contributed by atoms with Crippen LogP contribution < -0.4 is 16.5 Å². The minimum atomic E-state index is -0.835. The van der Waals surface area contributed by atoms with Crippen molar-refractivity contribution in [2.75, 3.05) is 5.32 Å². The van der Waals surface area contributed by atoms with Gasteiger partial charge in [-0.25, -0.2) is 0 Å². The number of nitrogens with one attached hydrogen (secondary N) is 1. The Bertz CT molecular complexity index is 406. The van der Waals surface area contributed by atoms with Crippen molar-refractivity contribution in [3.63, 3.8) is 0 Å². The molecule has 0 radical (unpaired) electrons. The molecule has 15 heavy (non-hydrogen) atoms. The van der Waals surface area contributed by atoms with Crippen molar-refractivity contribution in [2.45, 2.75) is 19.8 Å². The van der Waals surface area contributed by atoms with E-state index in [4.69, 9.17) is 5.73 Å². The first-order chi connectivity index (χ1) is 7.22. The largest absolute Gasteiger partial charge is 0.472 e. The van der Waals surface area contributed by atoms with Crippen molar-refractivity contribution in [3.8, 4) is 0 Å². The molecule has 0 unspecified atom stereocenters. The van der Waals surface area contributed by atoms with Gasteiger partial charge in [0.25, 0.3) is 0 Å². The fraction of sp³-hybridized carbons (Fsp3) is 0.300. The van der Waals surface area contributed by atoms with Crippen LogP contribution in [0.2, 0.25) is 0 Å². The van der Waals surface area contributed by atoms with Gasteiger partial charge in [-0.3, -0.25) is 4.90 Å². The van der Waals surface area contributed by atoms with Crippen molar-refractivity contribution in [2.24, 2.45) is 10.6 Å².